The Kier molecular flexibility index (Phi) is 6.33. The minimum Gasteiger partial charge on any atom is -0.323 e. The molecule has 0 bridgehead atoms. The summed E-state index contributed by atoms with van der Waals surface area (Å²) in [4.78, 5) is 11.3. The maximum absolute atomic E-state index is 14.7. The second kappa shape index (κ2) is 8.27. The zero-order valence-corrected chi connectivity index (χ0v) is 14.6. The van der Waals surface area contributed by atoms with Crippen molar-refractivity contribution in [1.29, 1.82) is 0 Å². The van der Waals surface area contributed by atoms with Gasteiger partial charge in [0.2, 0.25) is 0 Å². The van der Waals surface area contributed by atoms with Gasteiger partial charge in [-0.3, -0.25) is 4.79 Å². The van der Waals surface area contributed by atoms with Crippen molar-refractivity contribution in [1.82, 2.24) is 0 Å². The highest BCUT2D eigenvalue weighted by atomic mass is 35.5. The largest absolute Gasteiger partial charge is 0.323 e. The lowest BCUT2D eigenvalue weighted by Gasteiger charge is -2.12. The molecule has 130 valence electrons. The highest BCUT2D eigenvalue weighted by Crippen LogP contribution is 2.32. The monoisotopic (exact) mass is 383 g/mol. The Morgan fingerprint density at radius 3 is 2.56 bits per heavy atom. The van der Waals surface area contributed by atoms with Crippen molar-refractivity contribution < 1.29 is 18.0 Å². The van der Waals surface area contributed by atoms with Gasteiger partial charge in [0.15, 0.2) is 12.1 Å². The molecule has 0 unspecified atom stereocenters. The normalized spacial score (nSPS) is 11.3. The third-order valence-corrected chi connectivity index (χ3v) is 4.13. The van der Waals surface area contributed by atoms with Gasteiger partial charge < -0.3 is 4.72 Å². The lowest BCUT2D eigenvalue weighted by Crippen LogP contribution is -1.99. The van der Waals surface area contributed by atoms with Crippen molar-refractivity contribution in [2.24, 2.45) is 0 Å². The van der Waals surface area contributed by atoms with Crippen LogP contribution in [0, 0.1) is 17.5 Å². The fraction of sp³-hybridized carbons (Fsp3) is 0.0556. The van der Waals surface area contributed by atoms with Gasteiger partial charge in [-0.15, -0.1) is 0 Å². The highest BCUT2D eigenvalue weighted by molar-refractivity contribution is 8.00. The summed E-state index contributed by atoms with van der Waals surface area (Å²) in [5, 5.41) is 0.188. The summed E-state index contributed by atoms with van der Waals surface area (Å²) in [6.45, 7) is 5.32. The molecule has 0 saturated heterocycles. The molecule has 0 aliphatic carbocycles. The van der Waals surface area contributed by atoms with Crippen LogP contribution in [0.3, 0.4) is 0 Å². The predicted octanol–water partition coefficient (Wildman–Crippen LogP) is 6.03. The van der Waals surface area contributed by atoms with Crippen LogP contribution in [-0.2, 0) is 4.79 Å². The fourth-order valence-corrected chi connectivity index (χ4v) is 2.86. The third-order valence-electron chi connectivity index (χ3n) is 3.04. The Morgan fingerprint density at radius 2 is 1.96 bits per heavy atom. The second-order valence-corrected chi connectivity index (χ2v) is 6.44. The summed E-state index contributed by atoms with van der Waals surface area (Å²) >= 11 is 6.75. The lowest BCUT2D eigenvalue weighted by atomic mass is 10.0. The molecule has 0 aromatic heterocycles. The molecule has 25 heavy (non-hydrogen) atoms. The number of rotatable bonds is 6. The maximum Gasteiger partial charge on any atom is 0.155 e. The van der Waals surface area contributed by atoms with Gasteiger partial charge in [-0.25, -0.2) is 13.2 Å². The number of carbonyl (C=O) groups excluding carboxylic acids is 1. The van der Waals surface area contributed by atoms with E-state index in [-0.39, 0.29) is 26.7 Å². The Labute approximate surface area is 152 Å². The van der Waals surface area contributed by atoms with Gasteiger partial charge in [-0.1, -0.05) is 23.8 Å². The third kappa shape index (κ3) is 4.90. The molecule has 2 aromatic rings. The molecule has 2 nitrogen and oxygen atoms in total. The van der Waals surface area contributed by atoms with Crippen LogP contribution in [0.1, 0.15) is 12.5 Å². The van der Waals surface area contributed by atoms with Crippen LogP contribution in [0.5, 0.6) is 0 Å². The number of hydrogen-bond donors (Lipinski definition) is 1. The van der Waals surface area contributed by atoms with Crippen molar-refractivity contribution in [2.75, 3.05) is 4.72 Å². The topological polar surface area (TPSA) is 29.1 Å². The maximum atomic E-state index is 14.7. The van der Waals surface area contributed by atoms with E-state index in [0.29, 0.717) is 11.9 Å². The molecule has 0 atom stereocenters. The predicted molar refractivity (Wildman–Crippen MR) is 96.1 cm³/mol. The number of aldehydes is 1. The number of hydrogen-bond acceptors (Lipinski definition) is 3. The first kappa shape index (κ1) is 19.1. The van der Waals surface area contributed by atoms with E-state index in [1.807, 2.05) is 0 Å². The van der Waals surface area contributed by atoms with E-state index in [2.05, 4.69) is 11.3 Å². The van der Waals surface area contributed by atoms with Crippen molar-refractivity contribution in [3.8, 4) is 0 Å². The molecule has 2 aromatic carbocycles. The number of carbonyl (C=O) groups is 1. The Hall–Kier alpha value is -2.18. The first-order valence-corrected chi connectivity index (χ1v) is 8.21. The standard InChI is InChI=1S/C18H13ClF3NOS/c1-10(2)5-11(9-24)14-6-12(19)7-16(18(14)22)23-25-17-4-3-13(20)8-15(17)21/h3-9,23H,1H2,2H3/b11-5-. The molecular weight excluding hydrogens is 371 g/mol. The van der Waals surface area contributed by atoms with E-state index in [9.17, 15) is 18.0 Å². The van der Waals surface area contributed by atoms with E-state index in [0.717, 1.165) is 24.1 Å². The van der Waals surface area contributed by atoms with Crippen molar-refractivity contribution in [3.05, 3.63) is 76.6 Å². The van der Waals surface area contributed by atoms with E-state index in [1.165, 1.54) is 24.3 Å². The van der Waals surface area contributed by atoms with Gasteiger partial charge in [-0.2, -0.15) is 0 Å². The molecule has 7 heteroatoms. The van der Waals surface area contributed by atoms with E-state index >= 15 is 0 Å². The number of benzene rings is 2. The van der Waals surface area contributed by atoms with Crippen LogP contribution in [0.15, 0.2) is 53.5 Å². The average molecular weight is 384 g/mol. The summed E-state index contributed by atoms with van der Waals surface area (Å²) in [7, 11) is 0. The summed E-state index contributed by atoms with van der Waals surface area (Å²) < 4.78 is 43.9. The molecule has 0 spiro atoms. The van der Waals surface area contributed by atoms with Crippen LogP contribution < -0.4 is 4.72 Å². The highest BCUT2D eigenvalue weighted by Gasteiger charge is 2.15. The zero-order valence-electron chi connectivity index (χ0n) is 13.1. The molecule has 0 aliphatic heterocycles. The van der Waals surface area contributed by atoms with E-state index in [4.69, 9.17) is 11.6 Å². The molecule has 0 heterocycles. The number of nitrogens with one attached hydrogen (secondary N) is 1. The van der Waals surface area contributed by atoms with Crippen molar-refractivity contribution in [3.63, 3.8) is 0 Å². The second-order valence-electron chi connectivity index (χ2n) is 5.16. The Morgan fingerprint density at radius 1 is 1.24 bits per heavy atom. The van der Waals surface area contributed by atoms with Crippen LogP contribution >= 0.6 is 23.5 Å². The minimum absolute atomic E-state index is 0.00632. The average Bonchev–Trinajstić information content (AvgIpc) is 2.54. The van der Waals surface area contributed by atoms with Gasteiger partial charge in [0.05, 0.1) is 10.6 Å². The SMILES string of the molecule is C=C(C)/C=C(/C=O)c1cc(Cl)cc(NSc2ccc(F)cc2F)c1F. The lowest BCUT2D eigenvalue weighted by molar-refractivity contribution is -0.103. The molecule has 0 radical (unpaired) electrons. The molecule has 1 N–H and O–H groups in total. The van der Waals surface area contributed by atoms with Gasteiger partial charge in [0.25, 0.3) is 0 Å². The van der Waals surface area contributed by atoms with Crippen molar-refractivity contribution >= 4 is 41.1 Å². The summed E-state index contributed by atoms with van der Waals surface area (Å²) in [6, 6.07) is 5.66. The van der Waals surface area contributed by atoms with Crippen LogP contribution in [0.2, 0.25) is 5.02 Å². The summed E-state index contributed by atoms with van der Waals surface area (Å²) in [5.41, 5.74) is 0.603. The van der Waals surface area contributed by atoms with Crippen molar-refractivity contribution in [2.45, 2.75) is 11.8 Å². The smallest absolute Gasteiger partial charge is 0.155 e. The van der Waals surface area contributed by atoms with Crippen LogP contribution in [-0.4, -0.2) is 6.29 Å². The van der Waals surface area contributed by atoms with E-state index in [1.54, 1.807) is 6.92 Å². The van der Waals surface area contributed by atoms with Crippen LogP contribution in [0.25, 0.3) is 5.57 Å². The first-order chi connectivity index (χ1) is 11.8. The number of allylic oxidation sites excluding steroid dienone is 3. The zero-order chi connectivity index (χ0) is 18.6. The Bertz CT molecular complexity index is 868. The molecular formula is C18H13ClF3NOS. The molecule has 0 amide bonds. The molecule has 0 saturated carbocycles. The molecule has 0 fully saturated rings. The fourth-order valence-electron chi connectivity index (χ4n) is 1.98. The summed E-state index contributed by atoms with van der Waals surface area (Å²) in [6.07, 6.45) is 1.93. The molecule has 0 aliphatic rings. The molecule has 2 rings (SSSR count). The van der Waals surface area contributed by atoms with Gasteiger partial charge in [0, 0.05) is 22.2 Å². The summed E-state index contributed by atoms with van der Waals surface area (Å²) in [5.74, 6) is -2.21. The van der Waals surface area contributed by atoms with Gasteiger partial charge in [-0.05, 0) is 49.2 Å². The van der Waals surface area contributed by atoms with Crippen LogP contribution in [0.4, 0.5) is 18.9 Å². The van der Waals surface area contributed by atoms with Gasteiger partial charge in [0.1, 0.15) is 11.6 Å². The van der Waals surface area contributed by atoms with E-state index < -0.39 is 17.5 Å². The van der Waals surface area contributed by atoms with Gasteiger partial charge >= 0.3 is 0 Å². The quantitative estimate of drug-likeness (QED) is 0.285. The number of halogens is 4. The Balaban J connectivity index is 2.36. The first-order valence-electron chi connectivity index (χ1n) is 7.01. The minimum atomic E-state index is -0.782. The number of anilines is 1.